The van der Waals surface area contributed by atoms with Gasteiger partial charge in [0.05, 0.1) is 13.7 Å². The third-order valence-electron chi connectivity index (χ3n) is 4.76. The largest absolute Gasteiger partial charge is 0.467 e. The molecule has 2 aromatic rings. The van der Waals surface area contributed by atoms with Gasteiger partial charge in [-0.25, -0.2) is 19.2 Å². The van der Waals surface area contributed by atoms with Crippen LogP contribution in [0.15, 0.2) is 60.7 Å². The van der Waals surface area contributed by atoms with Crippen molar-refractivity contribution in [2.45, 2.75) is 39.0 Å². The molecule has 0 aliphatic heterocycles. The fourth-order valence-corrected chi connectivity index (χ4v) is 3.06. The first-order valence-electron chi connectivity index (χ1n) is 11.7. The monoisotopic (exact) mass is 514 g/mol. The number of alkyl carbamates (subject to hydrolysis) is 2. The van der Waals surface area contributed by atoms with Crippen molar-refractivity contribution >= 4 is 29.9 Å². The van der Waals surface area contributed by atoms with Crippen LogP contribution in [0.5, 0.6) is 0 Å². The molecule has 0 saturated carbocycles. The van der Waals surface area contributed by atoms with Crippen LogP contribution in [0.25, 0.3) is 0 Å². The number of amides is 4. The molecular weight excluding hydrogens is 480 g/mol. The molecule has 200 valence electrons. The number of benzene rings is 2. The van der Waals surface area contributed by atoms with Crippen LogP contribution in [-0.4, -0.2) is 67.5 Å². The molecule has 11 nitrogen and oxygen atoms in total. The third kappa shape index (κ3) is 11.3. The van der Waals surface area contributed by atoms with Crippen molar-refractivity contribution in [1.82, 2.24) is 15.5 Å². The molecule has 0 bridgehead atoms. The molecule has 0 aliphatic carbocycles. The number of esters is 1. The summed E-state index contributed by atoms with van der Waals surface area (Å²) >= 11 is 0. The van der Waals surface area contributed by atoms with Gasteiger partial charge in [-0.05, 0) is 38.5 Å². The highest BCUT2D eigenvalue weighted by molar-refractivity contribution is 5.90. The van der Waals surface area contributed by atoms with E-state index in [2.05, 4.69) is 16.0 Å². The smallest absolute Gasteiger partial charge is 0.408 e. The Labute approximate surface area is 216 Å². The second-order valence-electron chi connectivity index (χ2n) is 8.95. The minimum absolute atomic E-state index is 0.00141. The highest BCUT2D eigenvalue weighted by atomic mass is 16.6. The molecule has 0 unspecified atom stereocenters. The Morgan fingerprint density at radius 2 is 1.54 bits per heavy atom. The van der Waals surface area contributed by atoms with E-state index in [1.54, 1.807) is 63.2 Å². The maximum absolute atomic E-state index is 13.0. The number of hydrogen-bond acceptors (Lipinski definition) is 7. The van der Waals surface area contributed by atoms with Crippen molar-refractivity contribution in [3.8, 4) is 0 Å². The van der Waals surface area contributed by atoms with Gasteiger partial charge in [0.25, 0.3) is 0 Å². The van der Waals surface area contributed by atoms with Crippen LogP contribution < -0.4 is 16.0 Å². The maximum Gasteiger partial charge on any atom is 0.408 e. The lowest BCUT2D eigenvalue weighted by molar-refractivity contribution is -0.143. The molecule has 11 heteroatoms. The first-order valence-corrected chi connectivity index (χ1v) is 11.7. The Balaban J connectivity index is 2.07. The summed E-state index contributed by atoms with van der Waals surface area (Å²) in [4.78, 5) is 51.1. The Kier molecular flexibility index (Phi) is 11.2. The summed E-state index contributed by atoms with van der Waals surface area (Å²) < 4.78 is 15.2. The Morgan fingerprint density at radius 3 is 2.14 bits per heavy atom. The van der Waals surface area contributed by atoms with Gasteiger partial charge in [0.1, 0.15) is 18.2 Å². The summed E-state index contributed by atoms with van der Waals surface area (Å²) in [7, 11) is 1.17. The number of anilines is 1. The topological polar surface area (TPSA) is 135 Å². The predicted molar refractivity (Wildman–Crippen MR) is 137 cm³/mol. The molecule has 1 atom stereocenters. The lowest BCUT2D eigenvalue weighted by atomic mass is 10.2. The number of nitrogens with zero attached hydrogens (tertiary/aromatic N) is 1. The number of ether oxygens (including phenoxy) is 3. The van der Waals surface area contributed by atoms with Crippen molar-refractivity contribution < 1.29 is 33.4 Å². The number of para-hydroxylation sites is 1. The quantitative estimate of drug-likeness (QED) is 0.326. The van der Waals surface area contributed by atoms with E-state index in [1.165, 1.54) is 12.0 Å². The normalized spacial score (nSPS) is 11.5. The van der Waals surface area contributed by atoms with E-state index in [1.807, 2.05) is 18.2 Å². The van der Waals surface area contributed by atoms with Crippen LogP contribution in [-0.2, 0) is 25.6 Å². The summed E-state index contributed by atoms with van der Waals surface area (Å²) in [5, 5.41) is 7.75. The van der Waals surface area contributed by atoms with Gasteiger partial charge in [0.2, 0.25) is 0 Å². The summed E-state index contributed by atoms with van der Waals surface area (Å²) in [5.41, 5.74) is 0.612. The van der Waals surface area contributed by atoms with E-state index >= 15 is 0 Å². The van der Waals surface area contributed by atoms with Crippen LogP contribution in [0.4, 0.5) is 20.1 Å². The van der Waals surface area contributed by atoms with Gasteiger partial charge in [0, 0.05) is 18.8 Å². The third-order valence-corrected chi connectivity index (χ3v) is 4.76. The zero-order valence-corrected chi connectivity index (χ0v) is 21.5. The average molecular weight is 515 g/mol. The van der Waals surface area contributed by atoms with E-state index < -0.39 is 35.8 Å². The SMILES string of the molecule is COC(=O)[C@H](CN(CCNC(=O)OC(C)(C)C)C(=O)Nc1ccccc1)NC(=O)OCc1ccccc1. The number of carbonyl (C=O) groups is 4. The zero-order chi connectivity index (χ0) is 27.3. The van der Waals surface area contributed by atoms with Crippen LogP contribution in [0.2, 0.25) is 0 Å². The van der Waals surface area contributed by atoms with Gasteiger partial charge in [-0.3, -0.25) is 0 Å². The van der Waals surface area contributed by atoms with E-state index in [0.717, 1.165) is 5.56 Å². The zero-order valence-electron chi connectivity index (χ0n) is 21.5. The minimum Gasteiger partial charge on any atom is -0.467 e. The molecule has 2 rings (SSSR count). The van der Waals surface area contributed by atoms with Crippen molar-refractivity contribution in [2.75, 3.05) is 32.1 Å². The van der Waals surface area contributed by atoms with Crippen LogP contribution in [0.1, 0.15) is 26.3 Å². The van der Waals surface area contributed by atoms with E-state index in [-0.39, 0.29) is 26.2 Å². The van der Waals surface area contributed by atoms with E-state index in [9.17, 15) is 19.2 Å². The predicted octanol–water partition coefficient (Wildman–Crippen LogP) is 3.51. The van der Waals surface area contributed by atoms with Gasteiger partial charge >= 0.3 is 24.2 Å². The van der Waals surface area contributed by atoms with Crippen LogP contribution in [0.3, 0.4) is 0 Å². The second kappa shape index (κ2) is 14.3. The summed E-state index contributed by atoms with van der Waals surface area (Å²) in [5.74, 6) is -0.769. The molecule has 0 aromatic heterocycles. The average Bonchev–Trinajstić information content (AvgIpc) is 2.86. The molecular formula is C26H34N4O7. The Bertz CT molecular complexity index is 1030. The van der Waals surface area contributed by atoms with Gasteiger partial charge in [0.15, 0.2) is 0 Å². The number of methoxy groups -OCH3 is 1. The van der Waals surface area contributed by atoms with Gasteiger partial charge in [-0.15, -0.1) is 0 Å². The van der Waals surface area contributed by atoms with Crippen molar-refractivity contribution in [3.63, 3.8) is 0 Å². The number of rotatable bonds is 10. The number of urea groups is 1. The molecule has 3 N–H and O–H groups in total. The minimum atomic E-state index is -1.23. The molecule has 0 radical (unpaired) electrons. The standard InChI is InChI=1S/C26H34N4O7/c1-26(2,3)37-24(33)27-15-16-30(23(32)28-20-13-9-6-10-14-20)17-21(22(31)35-4)29-25(34)36-18-19-11-7-5-8-12-19/h5-14,21H,15-18H2,1-4H3,(H,27,33)(H,28,32)(H,29,34)/t21-/m0/s1. The summed E-state index contributed by atoms with van der Waals surface area (Å²) in [6.45, 7) is 4.98. The first-order chi connectivity index (χ1) is 17.6. The van der Waals surface area contributed by atoms with Crippen molar-refractivity contribution in [1.29, 1.82) is 0 Å². The number of carbonyl (C=O) groups excluding carboxylic acids is 4. The molecule has 0 saturated heterocycles. The highest BCUT2D eigenvalue weighted by Crippen LogP contribution is 2.09. The van der Waals surface area contributed by atoms with Gasteiger partial charge in [-0.1, -0.05) is 48.5 Å². The molecule has 0 fully saturated rings. The van der Waals surface area contributed by atoms with E-state index in [0.29, 0.717) is 5.69 Å². The fourth-order valence-electron chi connectivity index (χ4n) is 3.06. The highest BCUT2D eigenvalue weighted by Gasteiger charge is 2.28. The van der Waals surface area contributed by atoms with Crippen LogP contribution >= 0.6 is 0 Å². The number of nitrogens with one attached hydrogen (secondary N) is 3. The summed E-state index contributed by atoms with van der Waals surface area (Å²) in [6, 6.07) is 16.0. The first kappa shape index (κ1) is 29.0. The molecule has 0 spiro atoms. The second-order valence-corrected chi connectivity index (χ2v) is 8.95. The van der Waals surface area contributed by atoms with Crippen molar-refractivity contribution in [3.05, 3.63) is 66.2 Å². The molecule has 0 aliphatic rings. The van der Waals surface area contributed by atoms with Gasteiger partial charge < -0.3 is 35.1 Å². The van der Waals surface area contributed by atoms with Crippen molar-refractivity contribution in [2.24, 2.45) is 0 Å². The number of hydrogen-bond donors (Lipinski definition) is 3. The molecule has 4 amide bonds. The maximum atomic E-state index is 13.0. The molecule has 37 heavy (non-hydrogen) atoms. The van der Waals surface area contributed by atoms with Gasteiger partial charge in [-0.2, -0.15) is 0 Å². The van der Waals surface area contributed by atoms with Crippen LogP contribution in [0, 0.1) is 0 Å². The lowest BCUT2D eigenvalue weighted by Gasteiger charge is -2.27. The molecule has 0 heterocycles. The van der Waals surface area contributed by atoms with E-state index in [4.69, 9.17) is 14.2 Å². The Hall–Kier alpha value is -4.28. The summed E-state index contributed by atoms with van der Waals surface area (Å²) in [6.07, 6.45) is -1.50. The Morgan fingerprint density at radius 1 is 0.919 bits per heavy atom. The lowest BCUT2D eigenvalue weighted by Crippen LogP contribution is -2.52. The molecule has 2 aromatic carbocycles. The fraction of sp³-hybridized carbons (Fsp3) is 0.385.